The minimum absolute atomic E-state index is 0.0191. The second-order valence-corrected chi connectivity index (χ2v) is 10.3. The van der Waals surface area contributed by atoms with E-state index in [9.17, 15) is 27.2 Å². The first-order chi connectivity index (χ1) is 18.0. The number of hydrogen-bond donors (Lipinski definition) is 2. The molecule has 15 heteroatoms. The van der Waals surface area contributed by atoms with Crippen LogP contribution in [-0.2, 0) is 18.4 Å². The molecule has 0 unspecified atom stereocenters. The zero-order valence-corrected chi connectivity index (χ0v) is 21.5. The van der Waals surface area contributed by atoms with Crippen LogP contribution in [0.1, 0.15) is 64.1 Å². The van der Waals surface area contributed by atoms with E-state index in [0.29, 0.717) is 17.0 Å². The van der Waals surface area contributed by atoms with Crippen molar-refractivity contribution in [1.82, 2.24) is 24.5 Å². The summed E-state index contributed by atoms with van der Waals surface area (Å²) in [6.07, 6.45) is -2.90. The lowest BCUT2D eigenvalue weighted by molar-refractivity contribution is -0.117. The van der Waals surface area contributed by atoms with Crippen molar-refractivity contribution in [2.75, 3.05) is 5.32 Å². The average Bonchev–Trinajstić information content (AvgIpc) is 3.42. The monoisotopic (exact) mass is 569 g/mol. The summed E-state index contributed by atoms with van der Waals surface area (Å²) in [6, 6.07) is 1.18. The molecule has 4 heterocycles. The first-order valence-corrected chi connectivity index (χ1v) is 12.6. The van der Waals surface area contributed by atoms with Gasteiger partial charge in [-0.15, -0.1) is 11.3 Å². The summed E-state index contributed by atoms with van der Waals surface area (Å²) >= 11 is 6.90. The van der Waals surface area contributed by atoms with Gasteiger partial charge in [0.25, 0.3) is 18.8 Å². The second-order valence-electron chi connectivity index (χ2n) is 8.88. The summed E-state index contributed by atoms with van der Waals surface area (Å²) < 4.78 is 56.9. The van der Waals surface area contributed by atoms with E-state index in [1.54, 1.807) is 18.7 Å². The highest BCUT2D eigenvalue weighted by Gasteiger charge is 2.35. The van der Waals surface area contributed by atoms with E-state index in [2.05, 4.69) is 20.5 Å². The Morgan fingerprint density at radius 2 is 1.95 bits per heavy atom. The van der Waals surface area contributed by atoms with Crippen molar-refractivity contribution in [3.8, 4) is 11.1 Å². The molecule has 0 radical (unpaired) electrons. The summed E-state index contributed by atoms with van der Waals surface area (Å²) in [7, 11) is 1.68. The van der Waals surface area contributed by atoms with Gasteiger partial charge in [-0.25, -0.2) is 22.5 Å². The normalized spacial score (nSPS) is 13.7. The molecule has 0 saturated heterocycles. The maximum Gasteiger partial charge on any atom is 0.283 e. The van der Waals surface area contributed by atoms with Crippen molar-refractivity contribution in [2.45, 2.75) is 45.1 Å². The van der Waals surface area contributed by atoms with Crippen LogP contribution < -0.4 is 11.1 Å². The van der Waals surface area contributed by atoms with Gasteiger partial charge in [-0.05, 0) is 31.4 Å². The van der Waals surface area contributed by atoms with Gasteiger partial charge in [0, 0.05) is 29.6 Å². The van der Waals surface area contributed by atoms with Gasteiger partial charge in [-0.1, -0.05) is 11.6 Å². The third kappa shape index (κ3) is 4.51. The molecule has 1 saturated carbocycles. The predicted molar refractivity (Wildman–Crippen MR) is 133 cm³/mol. The molecule has 4 aromatic rings. The Morgan fingerprint density at radius 3 is 2.50 bits per heavy atom. The van der Waals surface area contributed by atoms with Crippen molar-refractivity contribution >= 4 is 50.7 Å². The van der Waals surface area contributed by atoms with Crippen molar-refractivity contribution < 1.29 is 27.2 Å². The minimum atomic E-state index is -2.92. The van der Waals surface area contributed by atoms with Gasteiger partial charge >= 0.3 is 0 Å². The highest BCUT2D eigenvalue weighted by molar-refractivity contribution is 7.21. The van der Waals surface area contributed by atoms with Crippen molar-refractivity contribution in [3.63, 3.8) is 0 Å². The smallest absolute Gasteiger partial charge is 0.283 e. The lowest BCUT2D eigenvalue weighted by Crippen LogP contribution is -2.22. The minimum Gasteiger partial charge on any atom is -0.365 e. The maximum absolute atomic E-state index is 13.7. The molecule has 0 aliphatic heterocycles. The molecule has 0 aromatic carbocycles. The summed E-state index contributed by atoms with van der Waals surface area (Å²) in [4.78, 5) is 29.4. The van der Waals surface area contributed by atoms with E-state index >= 15 is 0 Å². The molecule has 2 amide bonds. The number of nitrogens with zero attached hydrogens (tertiary/aromatic N) is 5. The van der Waals surface area contributed by atoms with E-state index in [1.807, 2.05) is 0 Å². The van der Waals surface area contributed by atoms with Gasteiger partial charge < -0.3 is 11.1 Å². The molecular weight excluding hydrogens is 550 g/mol. The van der Waals surface area contributed by atoms with Gasteiger partial charge in [0.15, 0.2) is 0 Å². The SMILES string of the molecule is Cc1c(-c2cc(C(F)F)nc3sc(C(N)=O)c(NC(=O)Cn4nc(C(F)F)c(Cl)c4C4CC4)c23)cnn1C. The lowest BCUT2D eigenvalue weighted by atomic mass is 10.0. The van der Waals surface area contributed by atoms with Crippen LogP contribution in [0.4, 0.5) is 23.2 Å². The van der Waals surface area contributed by atoms with Crippen LogP contribution in [0, 0.1) is 6.92 Å². The first-order valence-electron chi connectivity index (χ1n) is 11.4. The molecule has 0 atom stereocenters. The molecule has 1 aliphatic carbocycles. The Kier molecular flexibility index (Phi) is 6.63. The van der Waals surface area contributed by atoms with Crippen LogP contribution >= 0.6 is 22.9 Å². The summed E-state index contributed by atoms with van der Waals surface area (Å²) in [5.41, 5.74) is 6.16. The molecule has 200 valence electrons. The number of pyridine rings is 1. The Bertz CT molecular complexity index is 1590. The van der Waals surface area contributed by atoms with Gasteiger partial charge in [-0.2, -0.15) is 10.2 Å². The Labute approximate surface area is 221 Å². The number of nitrogens with two attached hydrogens (primary N) is 1. The first kappa shape index (κ1) is 26.1. The number of nitrogens with one attached hydrogen (secondary N) is 1. The van der Waals surface area contributed by atoms with E-state index in [-0.39, 0.29) is 37.3 Å². The lowest BCUT2D eigenvalue weighted by Gasteiger charge is -2.12. The van der Waals surface area contributed by atoms with E-state index < -0.39 is 42.6 Å². The highest BCUT2D eigenvalue weighted by Crippen LogP contribution is 2.46. The fourth-order valence-electron chi connectivity index (χ4n) is 4.29. The van der Waals surface area contributed by atoms with Crippen LogP contribution in [0.3, 0.4) is 0 Å². The Hall–Kier alpha value is -3.52. The summed E-state index contributed by atoms with van der Waals surface area (Å²) in [5, 5.41) is 10.7. The number of aromatic nitrogens is 5. The van der Waals surface area contributed by atoms with Crippen molar-refractivity contribution in [3.05, 3.63) is 44.9 Å². The second kappa shape index (κ2) is 9.66. The van der Waals surface area contributed by atoms with Gasteiger partial charge in [0.05, 0.1) is 22.6 Å². The van der Waals surface area contributed by atoms with Gasteiger partial charge in [0.2, 0.25) is 5.91 Å². The molecule has 38 heavy (non-hydrogen) atoms. The molecule has 4 aromatic heterocycles. The zero-order chi connectivity index (χ0) is 27.5. The third-order valence-electron chi connectivity index (χ3n) is 6.34. The van der Waals surface area contributed by atoms with Crippen LogP contribution in [0.2, 0.25) is 5.02 Å². The van der Waals surface area contributed by atoms with E-state index in [4.69, 9.17) is 17.3 Å². The number of anilines is 1. The number of fused-ring (bicyclic) bond motifs is 1. The maximum atomic E-state index is 13.7. The molecule has 0 spiro atoms. The fraction of sp³-hybridized carbons (Fsp3) is 0.348. The number of carbonyl (C=O) groups excluding carboxylic acids is 2. The van der Waals surface area contributed by atoms with Crippen LogP contribution in [0.15, 0.2) is 12.3 Å². The Balaban J connectivity index is 1.61. The quantitative estimate of drug-likeness (QED) is 0.277. The Morgan fingerprint density at radius 1 is 1.24 bits per heavy atom. The number of alkyl halides is 4. The molecule has 5 rings (SSSR count). The molecule has 9 nitrogen and oxygen atoms in total. The largest absolute Gasteiger partial charge is 0.365 e. The van der Waals surface area contributed by atoms with Crippen LogP contribution in [0.5, 0.6) is 0 Å². The number of carbonyl (C=O) groups is 2. The summed E-state index contributed by atoms with van der Waals surface area (Å²) in [5.74, 6) is -1.70. The molecule has 1 aliphatic rings. The molecule has 1 fully saturated rings. The molecular formula is C23H20ClF4N7O2S. The van der Waals surface area contributed by atoms with Gasteiger partial charge in [-0.3, -0.25) is 19.0 Å². The number of rotatable bonds is 8. The number of aryl methyl sites for hydroxylation is 1. The molecule has 0 bridgehead atoms. The number of primary amides is 1. The number of amides is 2. The number of thiophene rings is 1. The topological polar surface area (TPSA) is 121 Å². The van der Waals surface area contributed by atoms with Crippen LogP contribution in [0.25, 0.3) is 21.3 Å². The van der Waals surface area contributed by atoms with Crippen molar-refractivity contribution in [1.29, 1.82) is 0 Å². The van der Waals surface area contributed by atoms with Crippen LogP contribution in [-0.4, -0.2) is 36.4 Å². The fourth-order valence-corrected chi connectivity index (χ4v) is 5.68. The number of hydrogen-bond acceptors (Lipinski definition) is 6. The van der Waals surface area contributed by atoms with E-state index in [0.717, 1.165) is 28.9 Å². The molecule has 3 N–H and O–H groups in total. The average molecular weight is 570 g/mol. The highest BCUT2D eigenvalue weighted by atomic mass is 35.5. The standard InChI is InChI=1S/C23H20ClF4N7O2S/c1-8-11(6-30-34(8)2)10-5-12(20(25)26)31-23-14(10)16(19(38-23)22(29)37)32-13(36)7-35-18(9-3-4-9)15(24)17(33-35)21(27)28/h5-6,9,20-21H,3-4,7H2,1-2H3,(H2,29,37)(H,32,36). The predicted octanol–water partition coefficient (Wildman–Crippen LogP) is 5.35. The third-order valence-corrected chi connectivity index (χ3v) is 7.82. The van der Waals surface area contributed by atoms with E-state index in [1.165, 1.54) is 12.3 Å². The summed E-state index contributed by atoms with van der Waals surface area (Å²) in [6.45, 7) is 1.26. The van der Waals surface area contributed by atoms with Crippen molar-refractivity contribution in [2.24, 2.45) is 12.8 Å². The zero-order valence-electron chi connectivity index (χ0n) is 19.9. The van der Waals surface area contributed by atoms with Gasteiger partial charge in [0.1, 0.15) is 27.6 Å². The number of halogens is 5.